The van der Waals surface area contributed by atoms with E-state index < -0.39 is 26.2 Å². The van der Waals surface area contributed by atoms with Crippen molar-refractivity contribution in [2.24, 2.45) is 14.1 Å². The Hall–Kier alpha value is -6.17. The van der Waals surface area contributed by atoms with Crippen molar-refractivity contribution in [1.82, 2.24) is 23.8 Å². The van der Waals surface area contributed by atoms with Crippen LogP contribution in [-0.2, 0) is 44.8 Å². The first-order chi connectivity index (χ1) is 32.4. The van der Waals surface area contributed by atoms with Crippen molar-refractivity contribution in [2.75, 3.05) is 31.1 Å². The molecule has 1 saturated heterocycles. The average molecular weight is 954 g/mol. The molecule has 8 rings (SSSR count). The Morgan fingerprint density at radius 3 is 2.16 bits per heavy atom. The Labute approximate surface area is 408 Å². The third-order valence-corrected chi connectivity index (χ3v) is 19.3. The van der Waals surface area contributed by atoms with Gasteiger partial charge in [-0.25, -0.2) is 9.18 Å². The van der Waals surface area contributed by atoms with Crippen LogP contribution in [0.3, 0.4) is 0 Å². The Bertz CT molecular complexity index is 2850. The van der Waals surface area contributed by atoms with E-state index in [9.17, 15) is 14.4 Å². The van der Waals surface area contributed by atoms with Crippen LogP contribution < -0.4 is 9.33 Å². The molecular weight excluding hydrogens is 886 g/mol. The van der Waals surface area contributed by atoms with Crippen molar-refractivity contribution >= 4 is 37.6 Å². The number of benzene rings is 3. The molecule has 3 aliphatic rings. The van der Waals surface area contributed by atoms with Crippen LogP contribution in [0.4, 0.5) is 20.6 Å². The van der Waals surface area contributed by atoms with Crippen LogP contribution in [-0.4, -0.2) is 94.1 Å². The minimum absolute atomic E-state index is 0.0110. The van der Waals surface area contributed by atoms with E-state index in [2.05, 4.69) is 63.0 Å². The van der Waals surface area contributed by atoms with E-state index in [4.69, 9.17) is 9.16 Å². The van der Waals surface area contributed by atoms with E-state index in [0.29, 0.717) is 97.1 Å². The first kappa shape index (κ1) is 49.3. The fourth-order valence-corrected chi connectivity index (χ4v) is 10.7. The van der Waals surface area contributed by atoms with E-state index in [1.165, 1.54) is 5.56 Å². The second-order valence-corrected chi connectivity index (χ2v) is 26.5. The number of hydrogen-bond acceptors (Lipinski definition) is 7. The normalized spacial score (nSPS) is 17.6. The van der Waals surface area contributed by atoms with Gasteiger partial charge in [-0.05, 0) is 143 Å². The third-order valence-electron chi connectivity index (χ3n) is 14.9. The molecule has 364 valence electrons. The summed E-state index contributed by atoms with van der Waals surface area (Å²) in [6.45, 7) is 23.0. The van der Waals surface area contributed by atoms with Crippen LogP contribution >= 0.6 is 0 Å². The lowest BCUT2D eigenvalue weighted by Crippen LogP contribution is -2.50. The molecule has 0 saturated carbocycles. The van der Waals surface area contributed by atoms with Crippen LogP contribution in [0.25, 0.3) is 11.3 Å². The van der Waals surface area contributed by atoms with Gasteiger partial charge in [0.25, 0.3) is 11.8 Å². The van der Waals surface area contributed by atoms with Crippen molar-refractivity contribution < 1.29 is 27.9 Å². The number of hydrogen-bond donors (Lipinski definition) is 0. The van der Waals surface area contributed by atoms with Crippen LogP contribution in [0, 0.1) is 25.2 Å². The molecule has 12 nitrogen and oxygen atoms in total. The van der Waals surface area contributed by atoms with Crippen molar-refractivity contribution in [1.29, 1.82) is 5.26 Å². The van der Waals surface area contributed by atoms with E-state index in [1.807, 2.05) is 107 Å². The third kappa shape index (κ3) is 9.86. The Morgan fingerprint density at radius 2 is 1.54 bits per heavy atom. The Morgan fingerprint density at radius 1 is 0.841 bits per heavy atom. The predicted molar refractivity (Wildman–Crippen MR) is 271 cm³/mol. The first-order valence-electron chi connectivity index (χ1n) is 24.2. The molecule has 2 aromatic heterocycles. The molecule has 3 aliphatic heterocycles. The molecule has 14 heteroatoms. The predicted octanol–water partition coefficient (Wildman–Crippen LogP) is 10.8. The summed E-state index contributed by atoms with van der Waals surface area (Å²) in [4.78, 5) is 52.0. The quantitative estimate of drug-likeness (QED) is 0.135. The maximum atomic E-state index is 15.6. The van der Waals surface area contributed by atoms with Crippen LogP contribution in [0.5, 0.6) is 5.75 Å². The fourth-order valence-electron chi connectivity index (χ4n) is 9.66. The van der Waals surface area contributed by atoms with Gasteiger partial charge in [-0.2, -0.15) is 5.26 Å². The molecular formula is C55H68FN7O5Si. The smallest absolute Gasteiger partial charge is 0.410 e. The van der Waals surface area contributed by atoms with Gasteiger partial charge in [0.15, 0.2) is 0 Å². The van der Waals surface area contributed by atoms with Gasteiger partial charge in [0, 0.05) is 93.3 Å². The number of likely N-dealkylation sites (tertiary alicyclic amines) is 1. The molecule has 0 bridgehead atoms. The number of anilines is 2. The first-order valence-corrected chi connectivity index (χ1v) is 27.1. The number of nitrogens with zero attached hydrogens (tertiary/aromatic N) is 7. The summed E-state index contributed by atoms with van der Waals surface area (Å²) in [5.41, 5.74) is 8.74. The molecule has 69 heavy (non-hydrogen) atoms. The topological polar surface area (TPSA) is 116 Å². The number of amides is 3. The van der Waals surface area contributed by atoms with Gasteiger partial charge in [0.2, 0.25) is 8.32 Å². The summed E-state index contributed by atoms with van der Waals surface area (Å²) in [6, 6.07) is 25.5. The number of carbonyl (C=O) groups excluding carboxylic acids is 3. The molecule has 0 radical (unpaired) electrons. The van der Waals surface area contributed by atoms with E-state index in [1.54, 1.807) is 20.4 Å². The fraction of sp³-hybridized carbons (Fsp3) is 0.455. The van der Waals surface area contributed by atoms with Gasteiger partial charge in [-0.1, -0.05) is 45.0 Å². The van der Waals surface area contributed by atoms with E-state index >= 15 is 9.59 Å². The van der Waals surface area contributed by atoms with Gasteiger partial charge in [0.05, 0.1) is 11.3 Å². The van der Waals surface area contributed by atoms with E-state index in [0.717, 1.165) is 28.1 Å². The zero-order valence-electron chi connectivity index (χ0n) is 42.5. The number of alkyl halides is 1. The van der Waals surface area contributed by atoms with Crippen molar-refractivity contribution in [3.05, 3.63) is 123 Å². The summed E-state index contributed by atoms with van der Waals surface area (Å²) in [5, 5.41) is 10.1. The summed E-state index contributed by atoms with van der Waals surface area (Å²) in [7, 11) is 1.57. The highest BCUT2D eigenvalue weighted by Gasteiger charge is 2.40. The molecule has 0 N–H and O–H groups in total. The zero-order valence-corrected chi connectivity index (χ0v) is 43.5. The van der Waals surface area contributed by atoms with Crippen LogP contribution in [0.2, 0.25) is 18.1 Å². The van der Waals surface area contributed by atoms with Gasteiger partial charge in [-0.3, -0.25) is 19.4 Å². The molecule has 2 atom stereocenters. The summed E-state index contributed by atoms with van der Waals surface area (Å²) < 4.78 is 30.8. The monoisotopic (exact) mass is 954 g/mol. The number of rotatable bonds is 9. The molecule has 1 fully saturated rings. The summed E-state index contributed by atoms with van der Waals surface area (Å²) in [6.07, 6.45) is 0.357. The molecule has 0 spiro atoms. The number of fused-ring (bicyclic) bond motifs is 2. The molecule has 5 heterocycles. The summed E-state index contributed by atoms with van der Waals surface area (Å²) in [5.74, 6) is 0.257. The highest BCUT2D eigenvalue weighted by Crippen LogP contribution is 2.41. The van der Waals surface area contributed by atoms with Gasteiger partial charge < -0.3 is 28.1 Å². The van der Waals surface area contributed by atoms with Crippen LogP contribution in [0.1, 0.15) is 108 Å². The molecule has 3 aromatic carbocycles. The number of ether oxygens (including phenoxy) is 1. The second-order valence-electron chi connectivity index (χ2n) is 21.8. The summed E-state index contributed by atoms with van der Waals surface area (Å²) >= 11 is 0. The lowest BCUT2D eigenvalue weighted by Gasteiger charge is -2.39. The van der Waals surface area contributed by atoms with Crippen molar-refractivity contribution in [2.45, 2.75) is 124 Å². The van der Waals surface area contributed by atoms with Gasteiger partial charge >= 0.3 is 6.09 Å². The molecule has 0 aliphatic carbocycles. The maximum Gasteiger partial charge on any atom is 0.410 e. The van der Waals surface area contributed by atoms with Gasteiger partial charge in [0.1, 0.15) is 29.3 Å². The Balaban J connectivity index is 1.23. The highest BCUT2D eigenvalue weighted by molar-refractivity contribution is 6.74. The minimum atomic E-state index is -2.16. The Kier molecular flexibility index (Phi) is 13.3. The highest BCUT2D eigenvalue weighted by atomic mass is 28.4. The SMILES string of the molecule is Cc1c(N(C(=O)c2cc(-c3cc4c(cc3C(=O)N3Cc5ccccc5C[C@H]3CN3CC[C@@H](F)C3)CN(C(=O)OC(C)(C)C)CC4)n(C)c2C)c2ccc(O[Si](C)(C)C(C)(C)C)cc2)cc(C#N)n1C. The second kappa shape index (κ2) is 18.6. The molecule has 0 unspecified atom stereocenters. The van der Waals surface area contributed by atoms with E-state index in [-0.39, 0.29) is 29.4 Å². The van der Waals surface area contributed by atoms with Gasteiger partial charge in [-0.15, -0.1) is 0 Å². The van der Waals surface area contributed by atoms with Crippen molar-refractivity contribution in [3.63, 3.8) is 0 Å². The largest absolute Gasteiger partial charge is 0.544 e. The molecule has 3 amide bonds. The maximum absolute atomic E-state index is 15.6. The number of carbonyl (C=O) groups is 3. The van der Waals surface area contributed by atoms with Crippen LogP contribution in [0.15, 0.2) is 72.8 Å². The lowest BCUT2D eigenvalue weighted by molar-refractivity contribution is 0.0224. The minimum Gasteiger partial charge on any atom is -0.544 e. The standard InChI is InChI=1S/C55H68FN7O5Si/c1-35-46(52(65)63(49-28-43(30-57)58(9)36(49)2)42-17-19-45(20-18-42)68-69(11,12)55(6,7)8)29-50(59(35)10)47-26-38-21-24-61(53(66)67-54(3,4)5)31-40(38)27-48(47)51(64)62-32-39-16-14-13-15-37(39)25-44(62)34-60-23-22-41(56)33-60/h13-20,26-29,41,44H,21-25,31-34H2,1-12H3/t41-,44+/m1/s1. The number of aromatic nitrogens is 2. The number of nitriles is 1. The number of halogens is 1. The lowest BCUT2D eigenvalue weighted by atomic mass is 9.89. The average Bonchev–Trinajstić information content (AvgIpc) is 3.94. The van der Waals surface area contributed by atoms with Crippen molar-refractivity contribution in [3.8, 4) is 23.1 Å². The zero-order chi connectivity index (χ0) is 49.9. The molecule has 5 aromatic rings.